The third kappa shape index (κ3) is 4.45. The van der Waals surface area contributed by atoms with Gasteiger partial charge in [0.1, 0.15) is 12.6 Å². The van der Waals surface area contributed by atoms with E-state index in [-0.39, 0.29) is 5.78 Å². The van der Waals surface area contributed by atoms with Gasteiger partial charge in [0, 0.05) is 23.3 Å². The highest BCUT2D eigenvalue weighted by atomic mass is 16.5. The number of rotatable bonds is 7. The third-order valence-corrected chi connectivity index (χ3v) is 7.07. The lowest BCUT2D eigenvalue weighted by Gasteiger charge is -2.32. The van der Waals surface area contributed by atoms with E-state index in [1.54, 1.807) is 0 Å². The van der Waals surface area contributed by atoms with E-state index in [2.05, 4.69) is 18.3 Å². The van der Waals surface area contributed by atoms with Gasteiger partial charge < -0.3 is 14.8 Å². The van der Waals surface area contributed by atoms with Crippen molar-refractivity contribution < 1.29 is 14.3 Å². The predicted octanol–water partition coefficient (Wildman–Crippen LogP) is 6.25. The molecule has 7 nitrogen and oxygen atoms in total. The number of carbonyl (C=O) groups is 1. The van der Waals surface area contributed by atoms with E-state index in [0.717, 1.165) is 46.4 Å². The summed E-state index contributed by atoms with van der Waals surface area (Å²) in [7, 11) is 0. The lowest BCUT2D eigenvalue weighted by Crippen LogP contribution is -2.31. The lowest BCUT2D eigenvalue weighted by molar-refractivity contribution is -0.116. The van der Waals surface area contributed by atoms with E-state index in [0.29, 0.717) is 42.9 Å². The third-order valence-electron chi connectivity index (χ3n) is 7.07. The SMILES string of the molecule is CCOc1cc(C2C3=C(CCCC3=O)Nc3nc(-c4ccccc4C)nn32)ccc1OCc1ccccc1. The maximum atomic E-state index is 13.3. The number of Topliss-reactive ketones (excluding diaryl/α,β-unsaturated/α-hetero) is 1. The summed E-state index contributed by atoms with van der Waals surface area (Å²) < 4.78 is 14.0. The van der Waals surface area contributed by atoms with Crippen LogP contribution in [0.15, 0.2) is 84.1 Å². The van der Waals surface area contributed by atoms with Gasteiger partial charge in [-0.1, -0.05) is 60.7 Å². The molecule has 1 atom stereocenters. The van der Waals surface area contributed by atoms with Crippen LogP contribution in [-0.4, -0.2) is 27.2 Å². The van der Waals surface area contributed by atoms with Gasteiger partial charge in [0.05, 0.1) is 6.61 Å². The van der Waals surface area contributed by atoms with Crippen LogP contribution in [0.1, 0.15) is 48.9 Å². The molecular weight excluding hydrogens is 476 g/mol. The largest absolute Gasteiger partial charge is 0.490 e. The fourth-order valence-corrected chi connectivity index (χ4v) is 5.22. The fraction of sp³-hybridized carbons (Fsp3) is 0.258. The second kappa shape index (κ2) is 10.2. The standard InChI is InChI=1S/C31H30N4O3/c1-3-37-27-18-22(16-17-26(27)38-19-21-11-5-4-6-12-21)29-28-24(14-9-15-25(28)36)32-31-33-30(34-35(29)31)23-13-8-7-10-20(23)2/h4-8,10-13,16-18,29H,3,9,14-15,19H2,1-2H3,(H,32,33,34). The average molecular weight is 507 g/mol. The Morgan fingerprint density at radius 3 is 2.61 bits per heavy atom. The van der Waals surface area contributed by atoms with Crippen molar-refractivity contribution in [1.82, 2.24) is 14.8 Å². The number of nitrogens with one attached hydrogen (secondary N) is 1. The summed E-state index contributed by atoms with van der Waals surface area (Å²) in [5.41, 5.74) is 5.75. The number of fused-ring (bicyclic) bond motifs is 1. The van der Waals surface area contributed by atoms with Crippen molar-refractivity contribution in [1.29, 1.82) is 0 Å². The van der Waals surface area contributed by atoms with Crippen LogP contribution in [0.25, 0.3) is 11.4 Å². The first kappa shape index (κ1) is 24.0. The maximum Gasteiger partial charge on any atom is 0.226 e. The molecule has 0 radical (unpaired) electrons. The van der Waals surface area contributed by atoms with Gasteiger partial charge in [0.15, 0.2) is 23.1 Å². The second-order valence-electron chi connectivity index (χ2n) is 9.63. The van der Waals surface area contributed by atoms with Gasteiger partial charge in [0.25, 0.3) is 0 Å². The predicted molar refractivity (Wildman–Crippen MR) is 146 cm³/mol. The van der Waals surface area contributed by atoms with E-state index in [4.69, 9.17) is 19.6 Å². The molecule has 1 aliphatic carbocycles. The van der Waals surface area contributed by atoms with E-state index in [1.165, 1.54) is 0 Å². The number of benzene rings is 3. The molecule has 7 heteroatoms. The molecule has 38 heavy (non-hydrogen) atoms. The molecule has 1 aromatic heterocycles. The number of allylic oxidation sites excluding steroid dienone is 2. The maximum absolute atomic E-state index is 13.3. The number of ketones is 1. The van der Waals surface area contributed by atoms with Gasteiger partial charge in [-0.15, -0.1) is 5.10 Å². The summed E-state index contributed by atoms with van der Waals surface area (Å²) in [6.07, 6.45) is 2.16. The Labute approximate surface area is 222 Å². The number of ether oxygens (including phenoxy) is 2. The van der Waals surface area contributed by atoms with Gasteiger partial charge in [-0.25, -0.2) is 4.68 Å². The zero-order valence-electron chi connectivity index (χ0n) is 21.6. The number of nitrogens with zero attached hydrogens (tertiary/aromatic N) is 3. The Morgan fingerprint density at radius 2 is 1.79 bits per heavy atom. The lowest BCUT2D eigenvalue weighted by atomic mass is 9.85. The van der Waals surface area contributed by atoms with Gasteiger partial charge >= 0.3 is 0 Å². The number of hydrogen-bond acceptors (Lipinski definition) is 6. The van der Waals surface area contributed by atoms with E-state index >= 15 is 0 Å². The van der Waals surface area contributed by atoms with Gasteiger partial charge in [-0.2, -0.15) is 4.98 Å². The highest BCUT2D eigenvalue weighted by Crippen LogP contribution is 2.43. The molecular formula is C31H30N4O3. The molecule has 0 amide bonds. The molecule has 192 valence electrons. The summed E-state index contributed by atoms with van der Waals surface area (Å²) in [6, 6.07) is 23.6. The Bertz CT molecular complexity index is 1520. The number of carbonyl (C=O) groups excluding carboxylic acids is 1. The second-order valence-corrected chi connectivity index (χ2v) is 9.63. The first-order chi connectivity index (χ1) is 18.6. The van der Waals surface area contributed by atoms with Gasteiger partial charge in [-0.05, 0) is 55.5 Å². The molecule has 3 aromatic carbocycles. The minimum Gasteiger partial charge on any atom is -0.490 e. The number of hydrogen-bond donors (Lipinski definition) is 1. The number of aryl methyl sites for hydroxylation is 1. The zero-order chi connectivity index (χ0) is 26.1. The molecule has 0 saturated carbocycles. The van der Waals surface area contributed by atoms with E-state index in [1.807, 2.05) is 78.3 Å². The number of aromatic nitrogens is 3. The van der Waals surface area contributed by atoms with Crippen LogP contribution in [0.5, 0.6) is 11.5 Å². The number of anilines is 1. The topological polar surface area (TPSA) is 78.3 Å². The van der Waals surface area contributed by atoms with Crippen molar-refractivity contribution >= 4 is 11.7 Å². The van der Waals surface area contributed by atoms with E-state index in [9.17, 15) is 4.79 Å². The van der Waals surface area contributed by atoms with Crippen molar-refractivity contribution in [3.05, 3.63) is 101 Å². The summed E-state index contributed by atoms with van der Waals surface area (Å²) >= 11 is 0. The Kier molecular flexibility index (Phi) is 6.42. The molecule has 2 aliphatic rings. The van der Waals surface area contributed by atoms with Crippen LogP contribution in [0, 0.1) is 6.92 Å². The van der Waals surface area contributed by atoms with Crippen molar-refractivity contribution in [3.8, 4) is 22.9 Å². The van der Waals surface area contributed by atoms with Crippen molar-refractivity contribution in [2.24, 2.45) is 0 Å². The molecule has 0 fully saturated rings. The smallest absolute Gasteiger partial charge is 0.226 e. The van der Waals surface area contributed by atoms with Crippen LogP contribution >= 0.6 is 0 Å². The summed E-state index contributed by atoms with van der Waals surface area (Å²) in [4.78, 5) is 18.1. The van der Waals surface area contributed by atoms with Crippen molar-refractivity contribution in [2.75, 3.05) is 11.9 Å². The van der Waals surface area contributed by atoms with Crippen LogP contribution < -0.4 is 14.8 Å². The van der Waals surface area contributed by atoms with Crippen LogP contribution in [-0.2, 0) is 11.4 Å². The van der Waals surface area contributed by atoms with Gasteiger partial charge in [0.2, 0.25) is 5.95 Å². The minimum absolute atomic E-state index is 0.143. The van der Waals surface area contributed by atoms with E-state index < -0.39 is 6.04 Å². The summed E-state index contributed by atoms with van der Waals surface area (Å²) in [5, 5.41) is 8.34. The average Bonchev–Trinajstić information content (AvgIpc) is 3.36. The molecule has 0 spiro atoms. The Morgan fingerprint density at radius 1 is 0.974 bits per heavy atom. The monoisotopic (exact) mass is 506 g/mol. The first-order valence-corrected chi connectivity index (χ1v) is 13.1. The van der Waals surface area contributed by atoms with Crippen LogP contribution in [0.2, 0.25) is 0 Å². The minimum atomic E-state index is -0.401. The van der Waals surface area contributed by atoms with Crippen LogP contribution in [0.3, 0.4) is 0 Å². The summed E-state index contributed by atoms with van der Waals surface area (Å²) in [6.45, 7) is 4.94. The Hall–Kier alpha value is -4.39. The highest BCUT2D eigenvalue weighted by molar-refractivity contribution is 5.99. The molecule has 2 heterocycles. The van der Waals surface area contributed by atoms with Gasteiger partial charge in [-0.3, -0.25) is 4.79 Å². The first-order valence-electron chi connectivity index (χ1n) is 13.1. The summed E-state index contributed by atoms with van der Waals surface area (Å²) in [5.74, 6) is 2.73. The van der Waals surface area contributed by atoms with Crippen molar-refractivity contribution in [2.45, 2.75) is 45.8 Å². The highest BCUT2D eigenvalue weighted by Gasteiger charge is 2.37. The Balaban J connectivity index is 1.42. The molecule has 1 N–H and O–H groups in total. The quantitative estimate of drug-likeness (QED) is 0.319. The fourth-order valence-electron chi connectivity index (χ4n) is 5.22. The van der Waals surface area contributed by atoms with Crippen LogP contribution in [0.4, 0.5) is 5.95 Å². The normalized spacial score (nSPS) is 16.5. The molecule has 0 bridgehead atoms. The molecule has 4 aromatic rings. The molecule has 1 unspecified atom stereocenters. The molecule has 0 saturated heterocycles. The zero-order valence-corrected chi connectivity index (χ0v) is 21.6. The molecule has 1 aliphatic heterocycles. The molecule has 6 rings (SSSR count). The van der Waals surface area contributed by atoms with Crippen molar-refractivity contribution in [3.63, 3.8) is 0 Å².